The summed E-state index contributed by atoms with van der Waals surface area (Å²) in [5.41, 5.74) is 3.87. The summed E-state index contributed by atoms with van der Waals surface area (Å²) >= 11 is 1.53. The minimum atomic E-state index is 0.0927. The van der Waals surface area contributed by atoms with Crippen LogP contribution in [0, 0.1) is 0 Å². The molecule has 0 saturated carbocycles. The second-order valence-electron chi connectivity index (χ2n) is 7.73. The molecule has 0 bridgehead atoms. The third-order valence-electron chi connectivity index (χ3n) is 5.69. The van der Waals surface area contributed by atoms with Crippen molar-refractivity contribution >= 4 is 40.1 Å². The van der Waals surface area contributed by atoms with Gasteiger partial charge < -0.3 is 14.5 Å². The van der Waals surface area contributed by atoms with Gasteiger partial charge in [0.2, 0.25) is 0 Å². The van der Waals surface area contributed by atoms with Crippen LogP contribution in [0.25, 0.3) is 10.9 Å². The number of piperazine rings is 1. The van der Waals surface area contributed by atoms with Gasteiger partial charge in [0.15, 0.2) is 0 Å². The average Bonchev–Trinajstić information content (AvgIpc) is 2.88. The number of anilines is 2. The van der Waals surface area contributed by atoms with Crippen molar-refractivity contribution in [2.45, 2.75) is 4.90 Å². The van der Waals surface area contributed by atoms with Gasteiger partial charge in [-0.3, -0.25) is 9.78 Å². The van der Waals surface area contributed by atoms with E-state index in [-0.39, 0.29) is 5.91 Å². The molecular formula is C26H24N4OS. The number of amides is 1. The maximum Gasteiger partial charge on any atom is 0.253 e. The number of hydrogen-bond donors (Lipinski definition) is 1. The molecule has 1 aliphatic heterocycles. The van der Waals surface area contributed by atoms with Crippen LogP contribution in [0.4, 0.5) is 11.4 Å². The standard InChI is InChI=1S/C26H24N4OS/c31-26(30-18-16-29(17-19-30)23-8-2-1-3-9-23)21-11-13-22(14-12-21)28-32-24-10-4-6-20-7-5-15-27-25(20)24/h1-15,28H,16-19H2. The average molecular weight is 441 g/mol. The van der Waals surface area contributed by atoms with E-state index in [0.29, 0.717) is 0 Å². The molecule has 160 valence electrons. The van der Waals surface area contributed by atoms with E-state index >= 15 is 0 Å². The monoisotopic (exact) mass is 440 g/mol. The van der Waals surface area contributed by atoms with E-state index in [1.807, 2.05) is 53.6 Å². The lowest BCUT2D eigenvalue weighted by Crippen LogP contribution is -2.48. The zero-order valence-corrected chi connectivity index (χ0v) is 18.5. The van der Waals surface area contributed by atoms with Crippen LogP contribution < -0.4 is 9.62 Å². The van der Waals surface area contributed by atoms with Crippen LogP contribution in [0.2, 0.25) is 0 Å². The number of carbonyl (C=O) groups is 1. The summed E-state index contributed by atoms with van der Waals surface area (Å²) in [6.07, 6.45) is 1.81. The van der Waals surface area contributed by atoms with E-state index in [1.165, 1.54) is 17.6 Å². The van der Waals surface area contributed by atoms with Gasteiger partial charge in [-0.15, -0.1) is 0 Å². The Morgan fingerprint density at radius 2 is 1.56 bits per heavy atom. The van der Waals surface area contributed by atoms with Crippen LogP contribution in [0.3, 0.4) is 0 Å². The van der Waals surface area contributed by atoms with Gasteiger partial charge in [-0.1, -0.05) is 36.4 Å². The number of pyridine rings is 1. The number of fused-ring (bicyclic) bond motifs is 1. The van der Waals surface area contributed by atoms with Crippen molar-refractivity contribution in [1.29, 1.82) is 0 Å². The van der Waals surface area contributed by atoms with E-state index in [4.69, 9.17) is 0 Å². The zero-order valence-electron chi connectivity index (χ0n) is 17.6. The summed E-state index contributed by atoms with van der Waals surface area (Å²) in [6, 6.07) is 28.2. The Bertz CT molecular complexity index is 1200. The highest BCUT2D eigenvalue weighted by Gasteiger charge is 2.22. The molecule has 1 saturated heterocycles. The van der Waals surface area contributed by atoms with Crippen molar-refractivity contribution in [2.75, 3.05) is 35.8 Å². The molecule has 0 spiro atoms. The third kappa shape index (κ3) is 4.41. The maximum atomic E-state index is 13.0. The molecule has 2 heterocycles. The fourth-order valence-corrected chi connectivity index (χ4v) is 4.72. The first-order chi connectivity index (χ1) is 15.8. The van der Waals surface area contributed by atoms with E-state index in [2.05, 4.69) is 57.1 Å². The molecule has 1 N–H and O–H groups in total. The fraction of sp³-hybridized carbons (Fsp3) is 0.154. The summed E-state index contributed by atoms with van der Waals surface area (Å²) in [4.78, 5) is 22.8. The second-order valence-corrected chi connectivity index (χ2v) is 8.58. The van der Waals surface area contributed by atoms with Crippen molar-refractivity contribution in [2.24, 2.45) is 0 Å². The van der Waals surface area contributed by atoms with Gasteiger partial charge in [0.1, 0.15) is 0 Å². The Morgan fingerprint density at radius 3 is 2.34 bits per heavy atom. The van der Waals surface area contributed by atoms with Gasteiger partial charge in [0, 0.05) is 54.7 Å². The van der Waals surface area contributed by atoms with E-state index in [1.54, 1.807) is 0 Å². The van der Waals surface area contributed by atoms with Crippen LogP contribution in [-0.2, 0) is 0 Å². The Labute approximate surface area is 192 Å². The number of rotatable bonds is 5. The van der Waals surface area contributed by atoms with E-state index < -0.39 is 0 Å². The number of nitrogens with one attached hydrogen (secondary N) is 1. The number of benzene rings is 3. The molecule has 3 aromatic carbocycles. The Morgan fingerprint density at radius 1 is 0.812 bits per heavy atom. The minimum absolute atomic E-state index is 0.0927. The molecule has 0 aliphatic carbocycles. The fourth-order valence-electron chi connectivity index (χ4n) is 3.94. The lowest BCUT2D eigenvalue weighted by Gasteiger charge is -2.36. The van der Waals surface area contributed by atoms with E-state index in [9.17, 15) is 4.79 Å². The predicted molar refractivity (Wildman–Crippen MR) is 132 cm³/mol. The Hall–Kier alpha value is -3.51. The second kappa shape index (κ2) is 9.32. The summed E-state index contributed by atoms with van der Waals surface area (Å²) in [6.45, 7) is 3.17. The van der Waals surface area contributed by atoms with Crippen LogP contribution in [0.5, 0.6) is 0 Å². The smallest absolute Gasteiger partial charge is 0.253 e. The maximum absolute atomic E-state index is 13.0. The van der Waals surface area contributed by atoms with Crippen molar-refractivity contribution < 1.29 is 4.79 Å². The highest BCUT2D eigenvalue weighted by Crippen LogP contribution is 2.27. The van der Waals surface area contributed by atoms with Crippen molar-refractivity contribution in [1.82, 2.24) is 9.88 Å². The molecule has 0 radical (unpaired) electrons. The summed E-state index contributed by atoms with van der Waals surface area (Å²) < 4.78 is 3.37. The number of nitrogens with zero attached hydrogens (tertiary/aromatic N) is 3. The molecule has 0 unspecified atom stereocenters. The summed E-state index contributed by atoms with van der Waals surface area (Å²) in [5, 5.41) is 1.12. The van der Waals surface area contributed by atoms with Crippen molar-refractivity contribution in [3.05, 3.63) is 96.7 Å². The van der Waals surface area contributed by atoms with Gasteiger partial charge in [-0.2, -0.15) is 0 Å². The quantitative estimate of drug-likeness (QED) is 0.426. The van der Waals surface area contributed by atoms with Crippen LogP contribution in [0.1, 0.15) is 10.4 Å². The largest absolute Gasteiger partial charge is 0.368 e. The molecule has 5 nitrogen and oxygen atoms in total. The highest BCUT2D eigenvalue weighted by atomic mass is 32.2. The summed E-state index contributed by atoms with van der Waals surface area (Å²) in [5.74, 6) is 0.0927. The number of carbonyl (C=O) groups excluding carboxylic acids is 1. The molecule has 32 heavy (non-hydrogen) atoms. The van der Waals surface area contributed by atoms with Gasteiger partial charge in [0.05, 0.1) is 10.4 Å². The zero-order chi connectivity index (χ0) is 21.8. The molecule has 4 aromatic rings. The predicted octanol–water partition coefficient (Wildman–Crippen LogP) is 5.32. The topological polar surface area (TPSA) is 48.5 Å². The van der Waals surface area contributed by atoms with Crippen molar-refractivity contribution in [3.63, 3.8) is 0 Å². The van der Waals surface area contributed by atoms with Crippen LogP contribution in [-0.4, -0.2) is 42.0 Å². The van der Waals surface area contributed by atoms with Crippen molar-refractivity contribution in [3.8, 4) is 0 Å². The van der Waals surface area contributed by atoms with Crippen LogP contribution in [0.15, 0.2) is 96.0 Å². The SMILES string of the molecule is O=C(c1ccc(NSc2cccc3cccnc23)cc1)N1CCN(c2ccccc2)CC1. The first kappa shape index (κ1) is 20.4. The van der Waals surface area contributed by atoms with Gasteiger partial charge in [-0.05, 0) is 60.5 Å². The molecule has 0 atom stereocenters. The highest BCUT2D eigenvalue weighted by molar-refractivity contribution is 8.00. The van der Waals surface area contributed by atoms with E-state index in [0.717, 1.165) is 53.2 Å². The molecule has 1 aromatic heterocycles. The van der Waals surface area contributed by atoms with Gasteiger partial charge in [-0.25, -0.2) is 0 Å². The molecular weight excluding hydrogens is 416 g/mol. The number of para-hydroxylation sites is 2. The summed E-state index contributed by atoms with van der Waals surface area (Å²) in [7, 11) is 0. The minimum Gasteiger partial charge on any atom is -0.368 e. The van der Waals surface area contributed by atoms with Crippen LogP contribution >= 0.6 is 11.9 Å². The third-order valence-corrected chi connectivity index (χ3v) is 6.58. The normalized spacial score (nSPS) is 13.9. The molecule has 1 aliphatic rings. The first-order valence-electron chi connectivity index (χ1n) is 10.7. The van der Waals surface area contributed by atoms with Gasteiger partial charge >= 0.3 is 0 Å². The Kier molecular flexibility index (Phi) is 5.94. The number of aromatic nitrogens is 1. The molecule has 5 rings (SSSR count). The lowest BCUT2D eigenvalue weighted by molar-refractivity contribution is 0.0747. The van der Waals surface area contributed by atoms with Gasteiger partial charge in [0.25, 0.3) is 5.91 Å². The Balaban J connectivity index is 1.19. The molecule has 1 amide bonds. The molecule has 1 fully saturated rings. The first-order valence-corrected chi connectivity index (χ1v) is 11.6. The molecule has 6 heteroatoms. The lowest BCUT2D eigenvalue weighted by atomic mass is 10.1. The number of hydrogen-bond acceptors (Lipinski definition) is 5.